The number of carbonyl (C=O) groups is 2. The van der Waals surface area contributed by atoms with E-state index in [4.69, 9.17) is 16.3 Å². The number of sulfonamides is 1. The summed E-state index contributed by atoms with van der Waals surface area (Å²) in [5.41, 5.74) is 0.672. The number of methoxy groups -OCH3 is 1. The van der Waals surface area contributed by atoms with Crippen molar-refractivity contribution >= 4 is 39.1 Å². The van der Waals surface area contributed by atoms with Crippen LogP contribution in [0.2, 0.25) is 5.02 Å². The quantitative estimate of drug-likeness (QED) is 0.558. The Morgan fingerprint density at radius 2 is 1.71 bits per heavy atom. The molecule has 8 nitrogen and oxygen atoms in total. The molecule has 0 radical (unpaired) electrons. The Balaban J connectivity index is 2.04. The van der Waals surface area contributed by atoms with Crippen LogP contribution in [-0.4, -0.2) is 51.3 Å². The fourth-order valence-corrected chi connectivity index (χ4v) is 4.47. The monoisotopic (exact) mass is 467 g/mol. The first-order chi connectivity index (χ1) is 14.7. The Morgan fingerprint density at radius 1 is 1.06 bits per heavy atom. The molecule has 0 unspecified atom stereocenters. The largest absolute Gasteiger partial charge is 0.495 e. The number of halogens is 1. The average Bonchev–Trinajstić information content (AvgIpc) is 2.74. The van der Waals surface area contributed by atoms with Crippen molar-refractivity contribution in [3.63, 3.8) is 0 Å². The minimum absolute atomic E-state index is 0.00446. The maximum Gasteiger partial charge on any atom is 0.251 e. The van der Waals surface area contributed by atoms with Gasteiger partial charge in [0.25, 0.3) is 5.91 Å². The van der Waals surface area contributed by atoms with Crippen LogP contribution in [0.4, 0.5) is 5.69 Å². The van der Waals surface area contributed by atoms with E-state index in [2.05, 4.69) is 10.6 Å². The Hall–Kier alpha value is -2.62. The third kappa shape index (κ3) is 6.43. The van der Waals surface area contributed by atoms with E-state index in [1.54, 1.807) is 38.1 Å². The number of nitrogens with one attached hydrogen (secondary N) is 2. The summed E-state index contributed by atoms with van der Waals surface area (Å²) >= 11 is 5.80. The molecule has 0 bridgehead atoms. The molecule has 2 rings (SSSR count). The Kier molecular flexibility index (Phi) is 8.85. The van der Waals surface area contributed by atoms with E-state index in [9.17, 15) is 18.0 Å². The zero-order chi connectivity index (χ0) is 23.0. The van der Waals surface area contributed by atoms with Crippen LogP contribution in [0.3, 0.4) is 0 Å². The number of ether oxygens (including phenoxy) is 1. The lowest BCUT2D eigenvalue weighted by Crippen LogP contribution is -2.30. The van der Waals surface area contributed by atoms with Crippen LogP contribution in [0.1, 0.15) is 30.6 Å². The third-order valence-electron chi connectivity index (χ3n) is 4.53. The van der Waals surface area contributed by atoms with E-state index < -0.39 is 15.9 Å². The molecule has 0 atom stereocenters. The van der Waals surface area contributed by atoms with E-state index >= 15 is 0 Å². The van der Waals surface area contributed by atoms with Crippen molar-refractivity contribution in [2.24, 2.45) is 0 Å². The molecule has 0 saturated heterocycles. The number of benzene rings is 2. The molecule has 0 saturated carbocycles. The molecule has 0 heterocycles. The van der Waals surface area contributed by atoms with Crippen LogP contribution in [-0.2, 0) is 14.8 Å². The minimum Gasteiger partial charge on any atom is -0.495 e. The smallest absolute Gasteiger partial charge is 0.251 e. The van der Waals surface area contributed by atoms with Gasteiger partial charge in [0, 0.05) is 36.6 Å². The number of carbonyl (C=O) groups excluding carboxylic acids is 2. The van der Waals surface area contributed by atoms with E-state index in [1.165, 1.54) is 29.6 Å². The van der Waals surface area contributed by atoms with Gasteiger partial charge in [0.05, 0.1) is 17.7 Å². The molecule has 0 aliphatic heterocycles. The molecular formula is C21H26ClN3O5S. The van der Waals surface area contributed by atoms with Gasteiger partial charge in [-0.1, -0.05) is 25.4 Å². The molecule has 2 aromatic carbocycles. The second-order valence-corrected chi connectivity index (χ2v) is 8.89. The topological polar surface area (TPSA) is 105 Å². The zero-order valence-electron chi connectivity index (χ0n) is 17.6. The van der Waals surface area contributed by atoms with Gasteiger partial charge in [-0.15, -0.1) is 0 Å². The molecule has 10 heteroatoms. The van der Waals surface area contributed by atoms with Gasteiger partial charge in [0.2, 0.25) is 15.9 Å². The van der Waals surface area contributed by atoms with Crippen LogP contribution in [0.15, 0.2) is 47.4 Å². The fraction of sp³-hybridized carbons (Fsp3) is 0.333. The molecule has 0 spiro atoms. The number of amides is 2. The molecule has 0 fully saturated rings. The maximum atomic E-state index is 12.8. The van der Waals surface area contributed by atoms with Gasteiger partial charge in [0.1, 0.15) is 5.75 Å². The van der Waals surface area contributed by atoms with E-state index in [0.29, 0.717) is 29.4 Å². The average molecular weight is 468 g/mol. The molecule has 0 aliphatic rings. The lowest BCUT2D eigenvalue weighted by atomic mass is 10.2. The normalized spacial score (nSPS) is 11.3. The van der Waals surface area contributed by atoms with Gasteiger partial charge in [-0.25, -0.2) is 8.42 Å². The summed E-state index contributed by atoms with van der Waals surface area (Å²) in [6.45, 7) is 4.28. The van der Waals surface area contributed by atoms with E-state index in [1.807, 2.05) is 0 Å². The van der Waals surface area contributed by atoms with Crippen molar-refractivity contribution in [2.75, 3.05) is 32.1 Å². The molecule has 0 aliphatic carbocycles. The summed E-state index contributed by atoms with van der Waals surface area (Å²) in [5, 5.41) is 5.83. The van der Waals surface area contributed by atoms with Crippen LogP contribution in [0.25, 0.3) is 0 Å². The Bertz CT molecular complexity index is 1020. The third-order valence-corrected chi connectivity index (χ3v) is 6.83. The van der Waals surface area contributed by atoms with Crippen LogP contribution in [0.5, 0.6) is 5.75 Å². The summed E-state index contributed by atoms with van der Waals surface area (Å²) in [7, 11) is -2.26. The summed E-state index contributed by atoms with van der Waals surface area (Å²) in [4.78, 5) is 24.5. The van der Waals surface area contributed by atoms with Crippen molar-refractivity contribution in [3.05, 3.63) is 53.1 Å². The van der Waals surface area contributed by atoms with Crippen LogP contribution in [0, 0.1) is 0 Å². The van der Waals surface area contributed by atoms with Gasteiger partial charge >= 0.3 is 0 Å². The highest BCUT2D eigenvalue weighted by molar-refractivity contribution is 7.89. The molecule has 0 aromatic heterocycles. The molecule has 2 N–H and O–H groups in total. The molecule has 2 amide bonds. The van der Waals surface area contributed by atoms with E-state index in [-0.39, 0.29) is 29.5 Å². The van der Waals surface area contributed by atoms with Crippen molar-refractivity contribution in [1.82, 2.24) is 9.62 Å². The zero-order valence-corrected chi connectivity index (χ0v) is 19.2. The predicted octanol–water partition coefficient (Wildman–Crippen LogP) is 3.14. The highest BCUT2D eigenvalue weighted by Crippen LogP contribution is 2.29. The second-order valence-electron chi connectivity index (χ2n) is 6.51. The van der Waals surface area contributed by atoms with Crippen LogP contribution >= 0.6 is 11.6 Å². The number of hydrogen-bond donors (Lipinski definition) is 2. The first-order valence-corrected chi connectivity index (χ1v) is 11.6. The lowest BCUT2D eigenvalue weighted by Gasteiger charge is -2.19. The number of rotatable bonds is 10. The highest BCUT2D eigenvalue weighted by Gasteiger charge is 2.23. The Labute approximate surface area is 187 Å². The number of hydrogen-bond acceptors (Lipinski definition) is 5. The first-order valence-electron chi connectivity index (χ1n) is 9.74. The highest BCUT2D eigenvalue weighted by atomic mass is 35.5. The molecular weight excluding hydrogens is 442 g/mol. The van der Waals surface area contributed by atoms with Gasteiger partial charge in [-0.3, -0.25) is 9.59 Å². The lowest BCUT2D eigenvalue weighted by molar-refractivity contribution is -0.116. The van der Waals surface area contributed by atoms with Crippen molar-refractivity contribution in [2.45, 2.75) is 25.2 Å². The SMILES string of the molecule is CCN(CC)S(=O)(=O)c1ccc(OC)c(NC(=O)CCNC(=O)c2ccc(Cl)cc2)c1. The van der Waals surface area contributed by atoms with Crippen molar-refractivity contribution in [3.8, 4) is 5.75 Å². The molecule has 168 valence electrons. The summed E-state index contributed by atoms with van der Waals surface area (Å²) in [6.07, 6.45) is -0.00446. The summed E-state index contributed by atoms with van der Waals surface area (Å²) < 4.78 is 32.1. The van der Waals surface area contributed by atoms with Gasteiger partial charge in [-0.05, 0) is 42.5 Å². The van der Waals surface area contributed by atoms with Gasteiger partial charge < -0.3 is 15.4 Å². The van der Waals surface area contributed by atoms with Gasteiger partial charge in [-0.2, -0.15) is 4.31 Å². The predicted molar refractivity (Wildman–Crippen MR) is 120 cm³/mol. The van der Waals surface area contributed by atoms with Crippen molar-refractivity contribution < 1.29 is 22.7 Å². The summed E-state index contributed by atoms with van der Waals surface area (Å²) in [6, 6.07) is 10.7. The molecule has 2 aromatic rings. The summed E-state index contributed by atoms with van der Waals surface area (Å²) in [5.74, 6) is -0.390. The van der Waals surface area contributed by atoms with Gasteiger partial charge in [0.15, 0.2) is 0 Å². The van der Waals surface area contributed by atoms with Crippen molar-refractivity contribution in [1.29, 1.82) is 0 Å². The maximum absolute atomic E-state index is 12.8. The van der Waals surface area contributed by atoms with Crippen LogP contribution < -0.4 is 15.4 Å². The fourth-order valence-electron chi connectivity index (χ4n) is 2.86. The standard InChI is InChI=1S/C21H26ClN3O5S/c1-4-25(5-2)31(28,29)17-10-11-19(30-3)18(14-17)24-20(26)12-13-23-21(27)15-6-8-16(22)9-7-15/h6-11,14H,4-5,12-13H2,1-3H3,(H,23,27)(H,24,26). The second kappa shape index (κ2) is 11.1. The number of nitrogens with zero attached hydrogens (tertiary/aromatic N) is 1. The Morgan fingerprint density at radius 3 is 2.29 bits per heavy atom. The minimum atomic E-state index is -3.69. The first kappa shape index (κ1) is 24.6. The molecule has 31 heavy (non-hydrogen) atoms. The van der Waals surface area contributed by atoms with E-state index in [0.717, 1.165) is 0 Å². The number of anilines is 1.